The number of halogens is 4. The molecular formula is C24H25ClF3N7. The zero-order chi connectivity index (χ0) is 24.4. The summed E-state index contributed by atoms with van der Waals surface area (Å²) in [6.45, 7) is 3.81. The maximum Gasteiger partial charge on any atom is 0.406 e. The van der Waals surface area contributed by atoms with Crippen molar-refractivity contribution in [1.82, 2.24) is 29.6 Å². The van der Waals surface area contributed by atoms with Crippen molar-refractivity contribution in [3.05, 3.63) is 58.5 Å². The van der Waals surface area contributed by atoms with Gasteiger partial charge >= 0.3 is 6.18 Å². The number of anilines is 1. The standard InChI is InChI=1S/C24H25ClF3N7/c1-15-21(30-9-8-29-15)33-10-4-16(5-11-33)22-32-31-20-14-34(23(6-7-23)24(26,27)28)13-17-12-18(25)2-3-19(17)35(20)22/h2-3,8-9,12,16H,4-7,10-11,13-14H2,1H3. The van der Waals surface area contributed by atoms with Crippen LogP contribution in [-0.2, 0) is 13.1 Å². The van der Waals surface area contributed by atoms with Crippen molar-refractivity contribution in [1.29, 1.82) is 0 Å². The molecule has 0 spiro atoms. The first-order chi connectivity index (χ1) is 16.8. The molecule has 11 heteroatoms. The molecule has 2 aliphatic heterocycles. The summed E-state index contributed by atoms with van der Waals surface area (Å²) in [5.41, 5.74) is 0.678. The van der Waals surface area contributed by atoms with Gasteiger partial charge in [0, 0.05) is 43.0 Å². The number of hydrogen-bond donors (Lipinski definition) is 0. The molecule has 4 heterocycles. The fraction of sp³-hybridized carbons (Fsp3) is 0.500. The summed E-state index contributed by atoms with van der Waals surface area (Å²) in [5, 5.41) is 9.44. The number of alkyl halides is 3. The fourth-order valence-corrected chi connectivity index (χ4v) is 5.75. The third kappa shape index (κ3) is 3.78. The van der Waals surface area contributed by atoms with Gasteiger partial charge < -0.3 is 4.90 Å². The van der Waals surface area contributed by atoms with Crippen molar-refractivity contribution >= 4 is 17.4 Å². The molecule has 1 aliphatic carbocycles. The van der Waals surface area contributed by atoms with Gasteiger partial charge in [0.2, 0.25) is 0 Å². The van der Waals surface area contributed by atoms with Crippen LogP contribution in [0.15, 0.2) is 30.6 Å². The quantitative estimate of drug-likeness (QED) is 0.511. The van der Waals surface area contributed by atoms with Gasteiger partial charge in [0.05, 0.1) is 17.9 Å². The number of rotatable bonds is 3. The van der Waals surface area contributed by atoms with Gasteiger partial charge in [-0.25, -0.2) is 4.98 Å². The Morgan fingerprint density at radius 3 is 2.46 bits per heavy atom. The van der Waals surface area contributed by atoms with E-state index in [1.807, 2.05) is 17.6 Å². The van der Waals surface area contributed by atoms with E-state index >= 15 is 0 Å². The highest BCUT2D eigenvalue weighted by atomic mass is 35.5. The number of hydrogen-bond acceptors (Lipinski definition) is 6. The monoisotopic (exact) mass is 503 g/mol. The van der Waals surface area contributed by atoms with E-state index in [1.165, 1.54) is 4.90 Å². The maximum absolute atomic E-state index is 14.0. The maximum atomic E-state index is 14.0. The third-order valence-electron chi connectivity index (χ3n) is 7.60. The van der Waals surface area contributed by atoms with Crippen LogP contribution in [0.1, 0.15) is 54.5 Å². The smallest absolute Gasteiger partial charge is 0.355 e. The van der Waals surface area contributed by atoms with Crippen LogP contribution in [0.2, 0.25) is 5.02 Å². The number of aryl methyl sites for hydroxylation is 1. The zero-order valence-corrected chi connectivity index (χ0v) is 20.0. The molecule has 35 heavy (non-hydrogen) atoms. The van der Waals surface area contributed by atoms with Crippen molar-refractivity contribution in [2.75, 3.05) is 18.0 Å². The van der Waals surface area contributed by atoms with E-state index in [2.05, 4.69) is 25.1 Å². The van der Waals surface area contributed by atoms with Gasteiger partial charge in [0.1, 0.15) is 17.2 Å². The van der Waals surface area contributed by atoms with Crippen molar-refractivity contribution < 1.29 is 13.2 Å². The summed E-state index contributed by atoms with van der Waals surface area (Å²) in [6, 6.07) is 5.43. The van der Waals surface area contributed by atoms with Crippen LogP contribution >= 0.6 is 11.6 Å². The highest BCUT2D eigenvalue weighted by Crippen LogP contribution is 2.55. The lowest BCUT2D eigenvalue weighted by atomic mass is 9.95. The minimum Gasteiger partial charge on any atom is -0.355 e. The predicted molar refractivity (Wildman–Crippen MR) is 125 cm³/mol. The van der Waals surface area contributed by atoms with Crippen molar-refractivity contribution in [3.8, 4) is 5.69 Å². The van der Waals surface area contributed by atoms with E-state index in [4.69, 9.17) is 11.6 Å². The van der Waals surface area contributed by atoms with E-state index in [0.717, 1.165) is 54.5 Å². The summed E-state index contributed by atoms with van der Waals surface area (Å²) in [6.07, 6.45) is 0.986. The van der Waals surface area contributed by atoms with E-state index in [1.54, 1.807) is 24.5 Å². The Labute approximate surface area is 205 Å². The summed E-state index contributed by atoms with van der Waals surface area (Å²) >= 11 is 6.28. The van der Waals surface area contributed by atoms with Gasteiger partial charge in [-0.1, -0.05) is 11.6 Å². The Hall–Kier alpha value is -2.72. The first kappa shape index (κ1) is 22.7. The van der Waals surface area contributed by atoms with E-state index < -0.39 is 11.7 Å². The molecule has 0 radical (unpaired) electrons. The topological polar surface area (TPSA) is 63.0 Å². The molecule has 0 atom stereocenters. The molecule has 0 amide bonds. The van der Waals surface area contributed by atoms with Crippen LogP contribution < -0.4 is 4.90 Å². The van der Waals surface area contributed by atoms with Gasteiger partial charge in [0.15, 0.2) is 5.82 Å². The lowest BCUT2D eigenvalue weighted by Crippen LogP contribution is -2.47. The first-order valence-electron chi connectivity index (χ1n) is 11.8. The molecule has 184 valence electrons. The van der Waals surface area contributed by atoms with Gasteiger partial charge in [-0.05, 0) is 56.4 Å². The summed E-state index contributed by atoms with van der Waals surface area (Å²) in [5.74, 6) is 2.38. The zero-order valence-electron chi connectivity index (χ0n) is 19.3. The van der Waals surface area contributed by atoms with Crippen LogP contribution in [0, 0.1) is 6.92 Å². The Kier molecular flexibility index (Phi) is 5.30. The van der Waals surface area contributed by atoms with Gasteiger partial charge in [-0.15, -0.1) is 10.2 Å². The van der Waals surface area contributed by atoms with Crippen LogP contribution in [0.25, 0.3) is 5.69 Å². The summed E-state index contributed by atoms with van der Waals surface area (Å²) in [4.78, 5) is 12.6. The number of aromatic nitrogens is 5. The number of nitrogens with zero attached hydrogens (tertiary/aromatic N) is 7. The molecule has 1 saturated heterocycles. The molecule has 7 nitrogen and oxygen atoms in total. The first-order valence-corrected chi connectivity index (χ1v) is 12.2. The van der Waals surface area contributed by atoms with Crippen LogP contribution in [-0.4, -0.2) is 54.4 Å². The molecule has 1 saturated carbocycles. The van der Waals surface area contributed by atoms with Crippen LogP contribution in [0.4, 0.5) is 19.0 Å². The van der Waals surface area contributed by atoms with Crippen LogP contribution in [0.5, 0.6) is 0 Å². The van der Waals surface area contributed by atoms with E-state index in [9.17, 15) is 13.2 Å². The molecule has 1 aromatic carbocycles. The highest BCUT2D eigenvalue weighted by Gasteiger charge is 2.66. The third-order valence-corrected chi connectivity index (χ3v) is 7.84. The molecular weight excluding hydrogens is 479 g/mol. The SMILES string of the molecule is Cc1nccnc1N1CCC(c2nnc3n2-c2ccc(Cl)cc2CN(C2(C(F)(F)F)CC2)C3)CC1. The normalized spacial score (nSPS) is 20.3. The Morgan fingerprint density at radius 2 is 1.77 bits per heavy atom. The average molecular weight is 504 g/mol. The lowest BCUT2D eigenvalue weighted by molar-refractivity contribution is -0.200. The van der Waals surface area contributed by atoms with Gasteiger partial charge in [-0.2, -0.15) is 13.2 Å². The minimum atomic E-state index is -4.30. The highest BCUT2D eigenvalue weighted by molar-refractivity contribution is 6.30. The molecule has 3 aromatic rings. The Bertz CT molecular complexity index is 1260. The number of fused-ring (bicyclic) bond motifs is 3. The predicted octanol–water partition coefficient (Wildman–Crippen LogP) is 4.81. The van der Waals surface area contributed by atoms with Crippen molar-refractivity contribution in [2.45, 2.75) is 63.3 Å². The minimum absolute atomic E-state index is 0.0937. The van der Waals surface area contributed by atoms with E-state index in [-0.39, 0.29) is 31.8 Å². The molecule has 6 rings (SSSR count). The van der Waals surface area contributed by atoms with Crippen LogP contribution in [0.3, 0.4) is 0 Å². The number of piperidine rings is 1. The van der Waals surface area contributed by atoms with Crippen molar-refractivity contribution in [2.24, 2.45) is 0 Å². The lowest BCUT2D eigenvalue weighted by Gasteiger charge is -2.33. The molecule has 3 aliphatic rings. The molecule has 2 aromatic heterocycles. The number of benzene rings is 1. The molecule has 0 bridgehead atoms. The second-order valence-electron chi connectivity index (χ2n) is 9.69. The second kappa shape index (κ2) is 8.16. The molecule has 0 N–H and O–H groups in total. The van der Waals surface area contributed by atoms with Gasteiger partial charge in [-0.3, -0.25) is 14.5 Å². The fourth-order valence-electron chi connectivity index (χ4n) is 5.55. The van der Waals surface area contributed by atoms with Crippen molar-refractivity contribution in [3.63, 3.8) is 0 Å². The van der Waals surface area contributed by atoms with Gasteiger partial charge in [0.25, 0.3) is 0 Å². The summed E-state index contributed by atoms with van der Waals surface area (Å²) in [7, 11) is 0. The summed E-state index contributed by atoms with van der Waals surface area (Å²) < 4.78 is 44.0. The van der Waals surface area contributed by atoms with E-state index in [0.29, 0.717) is 10.8 Å². The second-order valence-corrected chi connectivity index (χ2v) is 10.1. The Morgan fingerprint density at radius 1 is 1.03 bits per heavy atom. The molecule has 0 unspecified atom stereocenters. The Balaban J connectivity index is 1.33. The molecule has 2 fully saturated rings. The average Bonchev–Trinajstić information content (AvgIpc) is 3.58. The largest absolute Gasteiger partial charge is 0.406 e.